The van der Waals surface area contributed by atoms with E-state index in [1.807, 2.05) is 47.1 Å². The lowest BCUT2D eigenvalue weighted by Gasteiger charge is -2.36. The summed E-state index contributed by atoms with van der Waals surface area (Å²) in [5.41, 5.74) is 3.89. The highest BCUT2D eigenvalue weighted by Crippen LogP contribution is 2.24. The van der Waals surface area contributed by atoms with Crippen LogP contribution in [0, 0.1) is 6.92 Å². The van der Waals surface area contributed by atoms with Crippen molar-refractivity contribution >= 4 is 22.9 Å². The van der Waals surface area contributed by atoms with E-state index in [9.17, 15) is 4.79 Å². The minimum Gasteiger partial charge on any atom is -0.368 e. The van der Waals surface area contributed by atoms with Crippen molar-refractivity contribution in [2.75, 3.05) is 31.1 Å². The van der Waals surface area contributed by atoms with Crippen LogP contribution < -0.4 is 4.90 Å². The quantitative estimate of drug-likeness (QED) is 0.713. The van der Waals surface area contributed by atoms with Crippen molar-refractivity contribution in [1.82, 2.24) is 14.5 Å². The molecule has 0 spiro atoms. The first-order valence-corrected chi connectivity index (χ1v) is 9.68. The Morgan fingerprint density at radius 1 is 1.12 bits per heavy atom. The van der Waals surface area contributed by atoms with E-state index in [-0.39, 0.29) is 5.91 Å². The van der Waals surface area contributed by atoms with Gasteiger partial charge in [-0.3, -0.25) is 4.79 Å². The molecule has 0 atom stereocenters. The maximum atomic E-state index is 13.0. The van der Waals surface area contributed by atoms with Gasteiger partial charge in [-0.2, -0.15) is 0 Å². The molecule has 0 aliphatic carbocycles. The molecule has 0 bridgehead atoms. The lowest BCUT2D eigenvalue weighted by atomic mass is 10.2. The number of anilines is 1. The van der Waals surface area contributed by atoms with Gasteiger partial charge in [-0.25, -0.2) is 4.98 Å². The molecule has 3 aromatic rings. The van der Waals surface area contributed by atoms with Crippen LogP contribution in [0.2, 0.25) is 0 Å². The third-order valence-electron chi connectivity index (χ3n) is 4.83. The highest BCUT2D eigenvalue weighted by atomic mass is 32.1. The first-order chi connectivity index (χ1) is 12.6. The van der Waals surface area contributed by atoms with E-state index in [1.165, 1.54) is 5.69 Å². The van der Waals surface area contributed by atoms with Gasteiger partial charge < -0.3 is 14.4 Å². The third-order valence-corrected chi connectivity index (χ3v) is 5.60. The topological polar surface area (TPSA) is 41.4 Å². The smallest absolute Gasteiger partial charge is 0.270 e. The van der Waals surface area contributed by atoms with Crippen molar-refractivity contribution in [1.29, 1.82) is 0 Å². The Kier molecular flexibility index (Phi) is 4.51. The lowest BCUT2D eigenvalue weighted by molar-refractivity contribution is 0.0737. The SMILES string of the molecule is Cc1nc(-c2cc(C(=O)N3CCN(c4ccccc4)CC3)n(C)c2)cs1. The molecule has 1 amide bonds. The predicted octanol–water partition coefficient (Wildman–Crippen LogP) is 3.42. The zero-order valence-electron chi connectivity index (χ0n) is 15.1. The maximum Gasteiger partial charge on any atom is 0.270 e. The van der Waals surface area contributed by atoms with Gasteiger partial charge in [0.25, 0.3) is 5.91 Å². The number of carbonyl (C=O) groups excluding carboxylic acids is 1. The Balaban J connectivity index is 1.46. The number of benzene rings is 1. The number of piperazine rings is 1. The largest absolute Gasteiger partial charge is 0.368 e. The fraction of sp³-hybridized carbons (Fsp3) is 0.300. The van der Waals surface area contributed by atoms with Crippen LogP contribution in [-0.2, 0) is 7.05 Å². The van der Waals surface area contributed by atoms with Crippen LogP contribution in [0.4, 0.5) is 5.69 Å². The Bertz CT molecular complexity index is 907. The Hall–Kier alpha value is -2.60. The monoisotopic (exact) mass is 366 g/mol. The zero-order valence-corrected chi connectivity index (χ0v) is 15.9. The van der Waals surface area contributed by atoms with Crippen LogP contribution in [0.1, 0.15) is 15.5 Å². The second kappa shape index (κ2) is 6.96. The molecular weight excluding hydrogens is 344 g/mol. The Morgan fingerprint density at radius 2 is 1.85 bits per heavy atom. The van der Waals surface area contributed by atoms with Crippen molar-refractivity contribution in [2.24, 2.45) is 7.05 Å². The van der Waals surface area contributed by atoms with Crippen LogP contribution in [0.15, 0.2) is 48.0 Å². The number of aromatic nitrogens is 2. The summed E-state index contributed by atoms with van der Waals surface area (Å²) in [5, 5.41) is 3.08. The van der Waals surface area contributed by atoms with Gasteiger partial charge in [-0.15, -0.1) is 11.3 Å². The van der Waals surface area contributed by atoms with E-state index in [1.54, 1.807) is 11.3 Å². The van der Waals surface area contributed by atoms with E-state index in [0.29, 0.717) is 0 Å². The van der Waals surface area contributed by atoms with Crippen LogP contribution >= 0.6 is 11.3 Å². The molecule has 1 aromatic carbocycles. The maximum absolute atomic E-state index is 13.0. The number of aryl methyl sites for hydroxylation is 2. The van der Waals surface area contributed by atoms with E-state index in [4.69, 9.17) is 0 Å². The molecule has 1 fully saturated rings. The summed E-state index contributed by atoms with van der Waals surface area (Å²) < 4.78 is 1.91. The van der Waals surface area contributed by atoms with E-state index in [0.717, 1.165) is 48.1 Å². The minimum absolute atomic E-state index is 0.0958. The second-order valence-corrected chi connectivity index (χ2v) is 7.65. The van der Waals surface area contributed by atoms with Crippen LogP contribution in [0.5, 0.6) is 0 Å². The van der Waals surface area contributed by atoms with Crippen LogP contribution in [0.3, 0.4) is 0 Å². The molecule has 1 aliphatic heterocycles. The first-order valence-electron chi connectivity index (χ1n) is 8.80. The fourth-order valence-electron chi connectivity index (χ4n) is 3.38. The normalized spacial score (nSPS) is 14.7. The summed E-state index contributed by atoms with van der Waals surface area (Å²) in [6, 6.07) is 12.3. The van der Waals surface area contributed by atoms with Gasteiger partial charge in [0.05, 0.1) is 10.7 Å². The molecule has 5 nitrogen and oxygen atoms in total. The van der Waals surface area contributed by atoms with E-state index < -0.39 is 0 Å². The summed E-state index contributed by atoms with van der Waals surface area (Å²) in [4.78, 5) is 21.8. The van der Waals surface area contributed by atoms with Gasteiger partial charge >= 0.3 is 0 Å². The highest BCUT2D eigenvalue weighted by molar-refractivity contribution is 7.09. The third kappa shape index (κ3) is 3.24. The summed E-state index contributed by atoms with van der Waals surface area (Å²) in [7, 11) is 1.93. The summed E-state index contributed by atoms with van der Waals surface area (Å²) in [6.07, 6.45) is 1.99. The number of carbonyl (C=O) groups is 1. The number of para-hydroxylation sites is 1. The number of hydrogen-bond acceptors (Lipinski definition) is 4. The summed E-state index contributed by atoms with van der Waals surface area (Å²) in [6.45, 7) is 5.19. The lowest BCUT2D eigenvalue weighted by Crippen LogP contribution is -2.49. The number of nitrogens with zero attached hydrogens (tertiary/aromatic N) is 4. The van der Waals surface area contributed by atoms with E-state index in [2.05, 4.69) is 34.1 Å². The molecule has 0 N–H and O–H groups in total. The van der Waals surface area contributed by atoms with Crippen molar-refractivity contribution in [3.8, 4) is 11.3 Å². The Labute approximate surface area is 157 Å². The molecule has 2 aromatic heterocycles. The van der Waals surface area contributed by atoms with Crippen LogP contribution in [0.25, 0.3) is 11.3 Å². The van der Waals surface area contributed by atoms with Crippen molar-refractivity contribution in [3.05, 3.63) is 58.7 Å². The van der Waals surface area contributed by atoms with Gasteiger partial charge in [-0.1, -0.05) is 18.2 Å². The van der Waals surface area contributed by atoms with E-state index >= 15 is 0 Å². The number of amides is 1. The number of thiazole rings is 1. The van der Waals surface area contributed by atoms with Gasteiger partial charge in [0.2, 0.25) is 0 Å². The molecule has 3 heterocycles. The summed E-state index contributed by atoms with van der Waals surface area (Å²) in [5.74, 6) is 0.0958. The molecule has 134 valence electrons. The molecule has 0 radical (unpaired) electrons. The average Bonchev–Trinajstić information content (AvgIpc) is 3.28. The van der Waals surface area contributed by atoms with Gasteiger partial charge in [-0.05, 0) is 25.1 Å². The first kappa shape index (κ1) is 16.8. The number of rotatable bonds is 3. The fourth-order valence-corrected chi connectivity index (χ4v) is 4.00. The van der Waals surface area contributed by atoms with Gasteiger partial charge in [0.1, 0.15) is 5.69 Å². The molecular formula is C20H22N4OS. The molecule has 4 rings (SSSR count). The molecule has 0 unspecified atom stereocenters. The number of hydrogen-bond donors (Lipinski definition) is 0. The van der Waals surface area contributed by atoms with Crippen LogP contribution in [-0.4, -0.2) is 46.5 Å². The second-order valence-electron chi connectivity index (χ2n) is 6.59. The zero-order chi connectivity index (χ0) is 18.1. The van der Waals surface area contributed by atoms with Gasteiger partial charge in [0.15, 0.2) is 0 Å². The molecule has 26 heavy (non-hydrogen) atoms. The highest BCUT2D eigenvalue weighted by Gasteiger charge is 2.24. The minimum atomic E-state index is 0.0958. The van der Waals surface area contributed by atoms with Gasteiger partial charge in [0, 0.05) is 56.1 Å². The molecule has 1 aliphatic rings. The van der Waals surface area contributed by atoms with Crippen molar-refractivity contribution < 1.29 is 4.79 Å². The standard InChI is InChI=1S/C20H22N4OS/c1-15-21-18(14-26-15)16-12-19(22(2)13-16)20(25)24-10-8-23(9-11-24)17-6-4-3-5-7-17/h3-7,12-14H,8-11H2,1-2H3. The Morgan fingerprint density at radius 3 is 2.50 bits per heavy atom. The summed E-state index contributed by atoms with van der Waals surface area (Å²) >= 11 is 1.63. The predicted molar refractivity (Wildman–Crippen MR) is 106 cm³/mol. The molecule has 6 heteroatoms. The van der Waals surface area contributed by atoms with Crippen molar-refractivity contribution in [3.63, 3.8) is 0 Å². The average molecular weight is 366 g/mol. The van der Waals surface area contributed by atoms with Crippen molar-refractivity contribution in [2.45, 2.75) is 6.92 Å². The molecule has 1 saturated heterocycles. The molecule has 0 saturated carbocycles.